The Balaban J connectivity index is 2.20. The number of carboxylic acids is 1. The number of carboxylic acid groups (broad SMARTS) is 1. The van der Waals surface area contributed by atoms with Crippen LogP contribution in [0.15, 0.2) is 24.3 Å². The van der Waals surface area contributed by atoms with Gasteiger partial charge in [-0.15, -0.1) is 0 Å². The Labute approximate surface area is 115 Å². The van der Waals surface area contributed by atoms with Crippen molar-refractivity contribution < 1.29 is 9.90 Å². The molecule has 0 radical (unpaired) electrons. The summed E-state index contributed by atoms with van der Waals surface area (Å²) in [5, 5.41) is 9.52. The molecule has 1 heterocycles. The van der Waals surface area contributed by atoms with Crippen LogP contribution in [0.1, 0.15) is 56.2 Å². The van der Waals surface area contributed by atoms with Crippen molar-refractivity contribution in [3.05, 3.63) is 35.4 Å². The maximum atomic E-state index is 11.6. The van der Waals surface area contributed by atoms with Crippen LogP contribution in [0.2, 0.25) is 0 Å². The second-order valence-electron chi connectivity index (χ2n) is 5.66. The standard InChI is InChI=1S/C16H23NO2/c1-12(2)13-6-8-14(9-7-13)15(16(18)19)17-10-4-3-5-11-17/h6-9,12,15H,3-5,10-11H2,1-2H3,(H,18,19)/t15-/m1/s1. The van der Waals surface area contributed by atoms with E-state index >= 15 is 0 Å². The van der Waals surface area contributed by atoms with E-state index in [4.69, 9.17) is 0 Å². The van der Waals surface area contributed by atoms with Crippen LogP contribution in [0, 0.1) is 0 Å². The molecule has 104 valence electrons. The van der Waals surface area contributed by atoms with E-state index in [1.807, 2.05) is 12.1 Å². The van der Waals surface area contributed by atoms with E-state index in [0.29, 0.717) is 5.92 Å². The Morgan fingerprint density at radius 3 is 2.05 bits per heavy atom. The molecule has 1 atom stereocenters. The molecule has 1 fully saturated rings. The van der Waals surface area contributed by atoms with Crippen molar-refractivity contribution in [3.8, 4) is 0 Å². The van der Waals surface area contributed by atoms with Crippen molar-refractivity contribution in [2.75, 3.05) is 13.1 Å². The second-order valence-corrected chi connectivity index (χ2v) is 5.66. The summed E-state index contributed by atoms with van der Waals surface area (Å²) in [6, 6.07) is 7.58. The Morgan fingerprint density at radius 2 is 1.58 bits per heavy atom. The van der Waals surface area contributed by atoms with Crippen LogP contribution < -0.4 is 0 Å². The third kappa shape index (κ3) is 3.35. The molecule has 0 bridgehead atoms. The third-order valence-corrected chi connectivity index (χ3v) is 3.91. The highest BCUT2D eigenvalue weighted by Crippen LogP contribution is 2.26. The zero-order valence-electron chi connectivity index (χ0n) is 11.8. The van der Waals surface area contributed by atoms with Gasteiger partial charge in [0.2, 0.25) is 0 Å². The van der Waals surface area contributed by atoms with Gasteiger partial charge in [0.1, 0.15) is 6.04 Å². The largest absolute Gasteiger partial charge is 0.480 e. The van der Waals surface area contributed by atoms with Crippen LogP contribution in [-0.4, -0.2) is 29.1 Å². The van der Waals surface area contributed by atoms with E-state index in [0.717, 1.165) is 31.5 Å². The van der Waals surface area contributed by atoms with Crippen LogP contribution in [0.5, 0.6) is 0 Å². The zero-order valence-corrected chi connectivity index (χ0v) is 11.8. The summed E-state index contributed by atoms with van der Waals surface area (Å²) in [6.07, 6.45) is 3.43. The first-order valence-electron chi connectivity index (χ1n) is 7.16. The normalized spacial score (nSPS) is 18.5. The number of rotatable bonds is 4. The molecule has 2 rings (SSSR count). The summed E-state index contributed by atoms with van der Waals surface area (Å²) in [5.74, 6) is -0.258. The average molecular weight is 261 g/mol. The van der Waals surface area contributed by atoms with Gasteiger partial charge in [-0.2, -0.15) is 0 Å². The van der Waals surface area contributed by atoms with Crippen molar-refractivity contribution in [2.24, 2.45) is 0 Å². The molecule has 0 aromatic heterocycles. The number of likely N-dealkylation sites (tertiary alicyclic amines) is 1. The fourth-order valence-electron chi connectivity index (χ4n) is 2.75. The molecule has 3 heteroatoms. The van der Waals surface area contributed by atoms with Gasteiger partial charge in [-0.05, 0) is 43.0 Å². The highest BCUT2D eigenvalue weighted by atomic mass is 16.4. The summed E-state index contributed by atoms with van der Waals surface area (Å²) >= 11 is 0. The van der Waals surface area contributed by atoms with E-state index in [9.17, 15) is 9.90 Å². The van der Waals surface area contributed by atoms with Crippen LogP contribution in [0.25, 0.3) is 0 Å². The first kappa shape index (κ1) is 14.1. The summed E-state index contributed by atoms with van der Waals surface area (Å²) in [4.78, 5) is 13.7. The Kier molecular flexibility index (Phi) is 4.59. The molecule has 0 aliphatic carbocycles. The van der Waals surface area contributed by atoms with Crippen molar-refractivity contribution >= 4 is 5.97 Å². The van der Waals surface area contributed by atoms with E-state index in [1.165, 1.54) is 12.0 Å². The molecular weight excluding hydrogens is 238 g/mol. The van der Waals surface area contributed by atoms with Crippen molar-refractivity contribution in [2.45, 2.75) is 45.1 Å². The predicted octanol–water partition coefficient (Wildman–Crippen LogP) is 3.42. The Bertz CT molecular complexity index is 419. The molecule has 3 nitrogen and oxygen atoms in total. The quantitative estimate of drug-likeness (QED) is 0.902. The minimum Gasteiger partial charge on any atom is -0.480 e. The average Bonchev–Trinajstić information content (AvgIpc) is 2.40. The number of piperidine rings is 1. The number of hydrogen-bond acceptors (Lipinski definition) is 2. The lowest BCUT2D eigenvalue weighted by molar-refractivity contribution is -0.144. The molecule has 0 spiro atoms. The highest BCUT2D eigenvalue weighted by Gasteiger charge is 2.28. The molecule has 19 heavy (non-hydrogen) atoms. The fourth-order valence-corrected chi connectivity index (χ4v) is 2.75. The lowest BCUT2D eigenvalue weighted by Crippen LogP contribution is -2.37. The molecule has 1 N–H and O–H groups in total. The molecule has 1 aromatic rings. The number of benzene rings is 1. The summed E-state index contributed by atoms with van der Waals surface area (Å²) in [5.41, 5.74) is 2.16. The van der Waals surface area contributed by atoms with Crippen molar-refractivity contribution in [1.82, 2.24) is 4.90 Å². The SMILES string of the molecule is CC(C)c1ccc([C@H](C(=O)O)N2CCCCC2)cc1. The van der Waals surface area contributed by atoms with E-state index < -0.39 is 12.0 Å². The molecule has 0 saturated carbocycles. The Hall–Kier alpha value is -1.35. The first-order chi connectivity index (χ1) is 9.09. The predicted molar refractivity (Wildman–Crippen MR) is 76.3 cm³/mol. The van der Waals surface area contributed by atoms with Crippen molar-refractivity contribution in [1.29, 1.82) is 0 Å². The molecule has 1 aromatic carbocycles. The van der Waals surface area contributed by atoms with Crippen LogP contribution in [-0.2, 0) is 4.79 Å². The molecular formula is C16H23NO2. The molecule has 1 aliphatic heterocycles. The second kappa shape index (κ2) is 6.20. The highest BCUT2D eigenvalue weighted by molar-refractivity contribution is 5.75. The zero-order chi connectivity index (χ0) is 13.8. The minimum atomic E-state index is -0.737. The molecule has 1 aliphatic rings. The van der Waals surface area contributed by atoms with E-state index in [1.54, 1.807) is 0 Å². The van der Waals surface area contributed by atoms with Gasteiger partial charge in [-0.3, -0.25) is 9.69 Å². The molecule has 0 unspecified atom stereocenters. The van der Waals surface area contributed by atoms with Gasteiger partial charge in [0.15, 0.2) is 0 Å². The topological polar surface area (TPSA) is 40.5 Å². The minimum absolute atomic E-state index is 0.479. The smallest absolute Gasteiger partial charge is 0.325 e. The number of hydrogen-bond donors (Lipinski definition) is 1. The van der Waals surface area contributed by atoms with Crippen molar-refractivity contribution in [3.63, 3.8) is 0 Å². The van der Waals surface area contributed by atoms with Crippen LogP contribution in [0.3, 0.4) is 0 Å². The van der Waals surface area contributed by atoms with E-state index in [-0.39, 0.29) is 0 Å². The summed E-state index contributed by atoms with van der Waals surface area (Å²) < 4.78 is 0. The molecule has 1 saturated heterocycles. The van der Waals surface area contributed by atoms with Gasteiger partial charge in [-0.1, -0.05) is 44.5 Å². The summed E-state index contributed by atoms with van der Waals surface area (Å²) in [6.45, 7) is 6.08. The first-order valence-corrected chi connectivity index (χ1v) is 7.16. The number of nitrogens with zero attached hydrogens (tertiary/aromatic N) is 1. The molecule has 0 amide bonds. The third-order valence-electron chi connectivity index (χ3n) is 3.91. The maximum Gasteiger partial charge on any atom is 0.325 e. The monoisotopic (exact) mass is 261 g/mol. The van der Waals surface area contributed by atoms with E-state index in [2.05, 4.69) is 30.9 Å². The lowest BCUT2D eigenvalue weighted by atomic mass is 9.97. The van der Waals surface area contributed by atoms with Crippen LogP contribution in [0.4, 0.5) is 0 Å². The van der Waals surface area contributed by atoms with Gasteiger partial charge in [0, 0.05) is 0 Å². The van der Waals surface area contributed by atoms with Crippen LogP contribution >= 0.6 is 0 Å². The fraction of sp³-hybridized carbons (Fsp3) is 0.562. The van der Waals surface area contributed by atoms with Gasteiger partial charge < -0.3 is 5.11 Å². The lowest BCUT2D eigenvalue weighted by Gasteiger charge is -2.32. The van der Waals surface area contributed by atoms with Gasteiger partial charge in [-0.25, -0.2) is 0 Å². The Morgan fingerprint density at radius 1 is 1.05 bits per heavy atom. The summed E-state index contributed by atoms with van der Waals surface area (Å²) in [7, 11) is 0. The van der Waals surface area contributed by atoms with Gasteiger partial charge in [0.25, 0.3) is 0 Å². The number of aliphatic carboxylic acids is 1. The van der Waals surface area contributed by atoms with Gasteiger partial charge >= 0.3 is 5.97 Å². The number of carbonyl (C=O) groups is 1. The van der Waals surface area contributed by atoms with Gasteiger partial charge in [0.05, 0.1) is 0 Å². The maximum absolute atomic E-state index is 11.6.